The van der Waals surface area contributed by atoms with Gasteiger partial charge >= 0.3 is 5.97 Å². The maximum atomic E-state index is 14.0. The van der Waals surface area contributed by atoms with Gasteiger partial charge in [-0.1, -0.05) is 23.8 Å². The van der Waals surface area contributed by atoms with Crippen LogP contribution in [-0.4, -0.2) is 51.3 Å². The minimum atomic E-state index is -1.36. The number of fused-ring (bicyclic) bond motifs is 3. The maximum absolute atomic E-state index is 14.0. The lowest BCUT2D eigenvalue weighted by Crippen LogP contribution is -2.39. The number of ether oxygens (including phenoxy) is 1. The Hall–Kier alpha value is -4.51. The predicted octanol–water partition coefficient (Wildman–Crippen LogP) is 4.16. The largest absolute Gasteiger partial charge is 0.507 e. The molecular weight excluding hydrogens is 610 g/mol. The molecule has 3 aliphatic carbocycles. The van der Waals surface area contributed by atoms with Crippen molar-refractivity contribution >= 4 is 51.0 Å². The molecule has 2 aromatic carbocycles. The molecule has 0 saturated carbocycles. The molecule has 1 aliphatic heterocycles. The molecule has 2 amide bonds. The first-order valence-corrected chi connectivity index (χ1v) is 14.1. The maximum Gasteiger partial charge on any atom is 0.339 e. The van der Waals surface area contributed by atoms with Crippen molar-refractivity contribution in [3.8, 4) is 17.2 Å². The summed E-state index contributed by atoms with van der Waals surface area (Å²) in [6, 6.07) is 8.40. The zero-order valence-electron chi connectivity index (χ0n) is 22.2. The summed E-state index contributed by atoms with van der Waals surface area (Å²) >= 11 is 3.19. The Balaban J connectivity index is 1.47. The average Bonchev–Trinajstić information content (AvgIpc) is 3.21. The van der Waals surface area contributed by atoms with Crippen molar-refractivity contribution in [1.82, 2.24) is 0 Å². The molecule has 0 radical (unpaired) electrons. The molecule has 11 heteroatoms. The number of amides is 2. The topological polar surface area (TPSA) is 159 Å². The van der Waals surface area contributed by atoms with Crippen molar-refractivity contribution in [3.05, 3.63) is 80.9 Å². The summed E-state index contributed by atoms with van der Waals surface area (Å²) < 4.78 is 5.67. The third-order valence-electron chi connectivity index (χ3n) is 8.44. The monoisotopic (exact) mass is 633 g/mol. The summed E-state index contributed by atoms with van der Waals surface area (Å²) in [5, 5.41) is 30.7. The fourth-order valence-electron chi connectivity index (χ4n) is 6.70. The quantitative estimate of drug-likeness (QED) is 0.250. The van der Waals surface area contributed by atoms with Crippen molar-refractivity contribution in [3.63, 3.8) is 0 Å². The number of nitrogens with zero attached hydrogens (tertiary/aromatic N) is 1. The SMILES string of the molecule is CCOc1cccc(C2C3=CCC4C(=O)N(c5ccc(C(=O)O)c(O)c5)C(=O)C4C3CC3=C2C(=O)C=C(Br)C3=O)c1O. The van der Waals surface area contributed by atoms with E-state index in [1.807, 2.05) is 6.08 Å². The van der Waals surface area contributed by atoms with Crippen molar-refractivity contribution < 1.29 is 44.0 Å². The zero-order chi connectivity index (χ0) is 30.0. The summed E-state index contributed by atoms with van der Waals surface area (Å²) in [6.45, 7) is 2.05. The van der Waals surface area contributed by atoms with E-state index in [2.05, 4.69) is 15.9 Å². The smallest absolute Gasteiger partial charge is 0.339 e. The number of benzene rings is 2. The van der Waals surface area contributed by atoms with Crippen LogP contribution in [0.5, 0.6) is 17.2 Å². The molecule has 0 bridgehead atoms. The lowest BCUT2D eigenvalue weighted by molar-refractivity contribution is -0.123. The van der Waals surface area contributed by atoms with Crippen molar-refractivity contribution in [1.29, 1.82) is 0 Å². The Morgan fingerprint density at radius 3 is 2.52 bits per heavy atom. The molecule has 3 N–H and O–H groups in total. The van der Waals surface area contributed by atoms with Gasteiger partial charge in [-0.2, -0.15) is 0 Å². The number of halogens is 1. The number of imide groups is 1. The summed E-state index contributed by atoms with van der Waals surface area (Å²) in [7, 11) is 0. The van der Waals surface area contributed by atoms with Gasteiger partial charge in [0.1, 0.15) is 11.3 Å². The number of hydrogen-bond acceptors (Lipinski definition) is 8. The Labute approximate surface area is 247 Å². The van der Waals surface area contributed by atoms with E-state index in [-0.39, 0.29) is 57.8 Å². The predicted molar refractivity (Wildman–Crippen MR) is 151 cm³/mol. The molecule has 4 unspecified atom stereocenters. The van der Waals surface area contributed by atoms with E-state index in [4.69, 9.17) is 4.74 Å². The van der Waals surface area contributed by atoms with E-state index in [0.717, 1.165) is 17.0 Å². The van der Waals surface area contributed by atoms with Gasteiger partial charge in [-0.25, -0.2) is 9.69 Å². The molecule has 6 rings (SSSR count). The second kappa shape index (κ2) is 10.1. The van der Waals surface area contributed by atoms with Crippen molar-refractivity contribution in [2.45, 2.75) is 25.7 Å². The number of allylic oxidation sites excluding steroid dienone is 6. The van der Waals surface area contributed by atoms with E-state index < -0.39 is 58.8 Å². The summed E-state index contributed by atoms with van der Waals surface area (Å²) in [4.78, 5) is 66.7. The van der Waals surface area contributed by atoms with Gasteiger partial charge in [-0.3, -0.25) is 19.2 Å². The first kappa shape index (κ1) is 27.6. The Kier molecular flexibility index (Phi) is 6.64. The number of carboxylic acids is 1. The van der Waals surface area contributed by atoms with E-state index in [9.17, 15) is 39.3 Å². The minimum Gasteiger partial charge on any atom is -0.507 e. The van der Waals surface area contributed by atoms with E-state index in [0.29, 0.717) is 11.1 Å². The highest BCUT2D eigenvalue weighted by Crippen LogP contribution is 2.57. The van der Waals surface area contributed by atoms with Crippen LogP contribution in [0.3, 0.4) is 0 Å². The highest BCUT2D eigenvalue weighted by Gasteiger charge is 2.57. The molecule has 42 heavy (non-hydrogen) atoms. The van der Waals surface area contributed by atoms with Crippen LogP contribution in [-0.2, 0) is 19.2 Å². The molecule has 1 heterocycles. The molecule has 2 aromatic rings. The van der Waals surface area contributed by atoms with Crippen LogP contribution in [0.25, 0.3) is 0 Å². The first-order chi connectivity index (χ1) is 20.0. The van der Waals surface area contributed by atoms with Crippen LogP contribution in [0.2, 0.25) is 0 Å². The number of rotatable bonds is 5. The van der Waals surface area contributed by atoms with Crippen molar-refractivity contribution in [2.24, 2.45) is 17.8 Å². The lowest BCUT2D eigenvalue weighted by Gasteiger charge is -2.42. The van der Waals surface area contributed by atoms with Crippen LogP contribution in [0, 0.1) is 17.8 Å². The molecule has 0 aromatic heterocycles. The van der Waals surface area contributed by atoms with Gasteiger partial charge in [0.05, 0.1) is 28.6 Å². The van der Waals surface area contributed by atoms with Gasteiger partial charge in [-0.05, 0) is 59.8 Å². The molecule has 0 spiro atoms. The zero-order valence-corrected chi connectivity index (χ0v) is 23.8. The molecule has 4 aliphatic rings. The van der Waals surface area contributed by atoms with Crippen LogP contribution < -0.4 is 9.64 Å². The standard InChI is InChI=1S/C31H24BrNO9/c1-2-42-23-5-3-4-16(28(23)37)24-14-8-9-17-25(18(14)11-19-26(24)22(35)12-20(32)27(19)36)30(39)33(29(17)38)13-6-7-15(31(40)41)21(34)10-13/h3-8,10,12,17-18,24-25,34,37H,2,9,11H2,1H3,(H,40,41). The molecule has 4 atom stereocenters. The minimum absolute atomic E-state index is 0.0346. The number of aromatic hydroxyl groups is 2. The first-order valence-electron chi connectivity index (χ1n) is 13.3. The number of carbonyl (C=O) groups excluding carboxylic acids is 4. The number of Topliss-reactive ketones (excluding diaryl/α,β-unsaturated/α-hetero) is 1. The van der Waals surface area contributed by atoms with Gasteiger partial charge in [0, 0.05) is 34.8 Å². The molecule has 214 valence electrons. The van der Waals surface area contributed by atoms with Crippen LogP contribution in [0.4, 0.5) is 5.69 Å². The Morgan fingerprint density at radius 1 is 1.07 bits per heavy atom. The number of anilines is 1. The van der Waals surface area contributed by atoms with E-state index in [1.165, 1.54) is 12.1 Å². The second-order valence-electron chi connectivity index (χ2n) is 10.5. The number of phenolic OH excluding ortho intramolecular Hbond substituents is 1. The normalized spacial score (nSPS) is 25.0. The van der Waals surface area contributed by atoms with Gasteiger partial charge in [0.25, 0.3) is 0 Å². The second-order valence-corrected chi connectivity index (χ2v) is 11.4. The number of hydrogen-bond donors (Lipinski definition) is 3. The fourth-order valence-corrected chi connectivity index (χ4v) is 7.15. The van der Waals surface area contributed by atoms with Crippen LogP contribution in [0.1, 0.15) is 41.6 Å². The highest BCUT2D eigenvalue weighted by atomic mass is 79.9. The average molecular weight is 634 g/mol. The third-order valence-corrected chi connectivity index (χ3v) is 9.03. The Bertz CT molecular complexity index is 1720. The van der Waals surface area contributed by atoms with Crippen LogP contribution >= 0.6 is 15.9 Å². The molecule has 10 nitrogen and oxygen atoms in total. The van der Waals surface area contributed by atoms with Crippen molar-refractivity contribution in [2.75, 3.05) is 11.5 Å². The van der Waals surface area contributed by atoms with Gasteiger partial charge in [0.2, 0.25) is 11.8 Å². The van der Waals surface area contributed by atoms with E-state index >= 15 is 0 Å². The number of para-hydroxylation sites is 1. The summed E-state index contributed by atoms with van der Waals surface area (Å²) in [6.07, 6.45) is 3.24. The van der Waals surface area contributed by atoms with E-state index in [1.54, 1.807) is 25.1 Å². The van der Waals surface area contributed by atoms with Gasteiger partial charge < -0.3 is 20.1 Å². The number of ketones is 2. The van der Waals surface area contributed by atoms with Crippen LogP contribution in [0.15, 0.2) is 69.8 Å². The number of carboxylic acid groups (broad SMARTS) is 1. The number of carbonyl (C=O) groups is 5. The highest BCUT2D eigenvalue weighted by molar-refractivity contribution is 9.12. The third kappa shape index (κ3) is 4.02. The molecular formula is C31H24BrNO9. The molecule has 1 fully saturated rings. The summed E-state index contributed by atoms with van der Waals surface area (Å²) in [5.41, 5.74) is 1.09. The fraction of sp³-hybridized carbons (Fsp3) is 0.258. The molecule has 1 saturated heterocycles. The summed E-state index contributed by atoms with van der Waals surface area (Å²) in [5.74, 6) is -6.94. The Morgan fingerprint density at radius 2 is 1.83 bits per heavy atom. The van der Waals surface area contributed by atoms with Gasteiger partial charge in [0.15, 0.2) is 23.1 Å². The number of aromatic carboxylic acids is 1. The lowest BCUT2D eigenvalue weighted by atomic mass is 9.59. The van der Waals surface area contributed by atoms with Gasteiger partial charge in [-0.15, -0.1) is 0 Å². The number of phenols is 2.